The quantitative estimate of drug-likeness (QED) is 0.200. The summed E-state index contributed by atoms with van der Waals surface area (Å²) < 4.78 is 64.7. The summed E-state index contributed by atoms with van der Waals surface area (Å²) in [7, 11) is 0. The molecule has 1 radical (unpaired) electrons. The third-order valence-corrected chi connectivity index (χ3v) is 8.71. The largest absolute Gasteiger partial charge is 0.454 e. The highest BCUT2D eigenvalue weighted by Crippen LogP contribution is 2.43. The van der Waals surface area contributed by atoms with Crippen molar-refractivity contribution in [2.45, 2.75) is 109 Å². The smallest absolute Gasteiger partial charge is 0.387 e. The van der Waals surface area contributed by atoms with Crippen LogP contribution < -0.4 is 9.47 Å². The third kappa shape index (κ3) is 8.13. The molecule has 2 fully saturated rings. The van der Waals surface area contributed by atoms with Gasteiger partial charge < -0.3 is 9.47 Å². The average molecular weight is 534 g/mol. The third-order valence-electron chi connectivity index (χ3n) is 8.71. The first kappa shape index (κ1) is 28.8. The number of benzene rings is 2. The van der Waals surface area contributed by atoms with E-state index in [0.717, 1.165) is 43.6 Å². The van der Waals surface area contributed by atoms with Crippen molar-refractivity contribution in [3.8, 4) is 17.2 Å². The number of unbranched alkanes of at least 4 members (excludes halogenated alkanes) is 2. The topological polar surface area (TPSA) is 18.5 Å². The highest BCUT2D eigenvalue weighted by molar-refractivity contribution is 5.39. The molecule has 6 heteroatoms. The second-order valence-corrected chi connectivity index (χ2v) is 11.3. The fraction of sp³-hybridized carbons (Fsp3) is 0.625. The van der Waals surface area contributed by atoms with Crippen molar-refractivity contribution < 1.29 is 27.0 Å². The van der Waals surface area contributed by atoms with E-state index in [4.69, 9.17) is 4.74 Å². The summed E-state index contributed by atoms with van der Waals surface area (Å²) in [5.41, 5.74) is 0.0799. The summed E-state index contributed by atoms with van der Waals surface area (Å²) in [5, 5.41) is 0. The molecule has 0 N–H and O–H groups in total. The van der Waals surface area contributed by atoms with Crippen molar-refractivity contribution in [2.24, 2.45) is 17.8 Å². The Labute approximate surface area is 225 Å². The van der Waals surface area contributed by atoms with Crippen LogP contribution in [-0.4, -0.2) is 6.61 Å². The molecule has 0 spiro atoms. The van der Waals surface area contributed by atoms with Gasteiger partial charge in [-0.05, 0) is 79.7 Å². The summed E-state index contributed by atoms with van der Waals surface area (Å²) >= 11 is 0. The summed E-state index contributed by atoms with van der Waals surface area (Å²) in [6, 6.07) is 9.09. The Balaban J connectivity index is 1.25. The summed E-state index contributed by atoms with van der Waals surface area (Å²) in [5.74, 6) is 0.965. The molecule has 2 aliphatic carbocycles. The fourth-order valence-corrected chi connectivity index (χ4v) is 6.46. The maximum absolute atomic E-state index is 15.4. The first-order valence-corrected chi connectivity index (χ1v) is 14.5. The lowest BCUT2D eigenvalue weighted by Gasteiger charge is -2.32. The van der Waals surface area contributed by atoms with Crippen LogP contribution in [0.4, 0.5) is 17.6 Å². The number of halogens is 4. The van der Waals surface area contributed by atoms with E-state index in [1.54, 1.807) is 0 Å². The van der Waals surface area contributed by atoms with Crippen molar-refractivity contribution in [3.05, 3.63) is 53.6 Å². The number of alkyl halides is 2. The highest BCUT2D eigenvalue weighted by atomic mass is 19.3. The van der Waals surface area contributed by atoms with Gasteiger partial charge in [-0.25, -0.2) is 8.78 Å². The lowest BCUT2D eigenvalue weighted by molar-refractivity contribution is -0.0498. The minimum Gasteiger partial charge on any atom is -0.454 e. The summed E-state index contributed by atoms with van der Waals surface area (Å²) in [4.78, 5) is 0. The van der Waals surface area contributed by atoms with Gasteiger partial charge in [0.05, 0.1) is 0 Å². The van der Waals surface area contributed by atoms with E-state index >= 15 is 4.39 Å². The maximum atomic E-state index is 15.4. The second-order valence-electron chi connectivity index (χ2n) is 11.3. The van der Waals surface area contributed by atoms with Crippen LogP contribution in [-0.2, 0) is 0 Å². The zero-order valence-electron chi connectivity index (χ0n) is 22.5. The first-order valence-electron chi connectivity index (χ1n) is 14.5. The Kier molecular flexibility index (Phi) is 10.8. The number of ether oxygens (including phenoxy) is 2. The van der Waals surface area contributed by atoms with Gasteiger partial charge in [0.2, 0.25) is 0 Å². The van der Waals surface area contributed by atoms with Crippen LogP contribution in [0.25, 0.3) is 0 Å². The van der Waals surface area contributed by atoms with Crippen LogP contribution in [0.15, 0.2) is 30.3 Å². The van der Waals surface area contributed by atoms with Crippen molar-refractivity contribution in [2.75, 3.05) is 0 Å². The Bertz CT molecular complexity index is 978. The Hall–Kier alpha value is -2.24. The molecule has 0 amide bonds. The lowest BCUT2D eigenvalue weighted by atomic mass is 9.73. The highest BCUT2D eigenvalue weighted by Gasteiger charge is 2.29. The Morgan fingerprint density at radius 3 is 1.92 bits per heavy atom. The SMILES string of the molecule is CCCCC[C@H]1CC[C@H](CCC2CCC(c3c(F)c[c]c(Oc4ccc(OC(F)F)cc4)c3F)CC2)CC1. The molecule has 2 nitrogen and oxygen atoms in total. The molecule has 2 aromatic rings. The van der Waals surface area contributed by atoms with Crippen LogP contribution in [0.1, 0.15) is 108 Å². The van der Waals surface area contributed by atoms with Crippen molar-refractivity contribution >= 4 is 0 Å². The molecular weight excluding hydrogens is 492 g/mol. The van der Waals surface area contributed by atoms with Crippen LogP contribution in [0, 0.1) is 35.5 Å². The van der Waals surface area contributed by atoms with Gasteiger partial charge in [0.25, 0.3) is 0 Å². The predicted molar refractivity (Wildman–Crippen MR) is 142 cm³/mol. The maximum Gasteiger partial charge on any atom is 0.387 e. The van der Waals surface area contributed by atoms with Gasteiger partial charge in [0, 0.05) is 11.6 Å². The van der Waals surface area contributed by atoms with Crippen molar-refractivity contribution in [1.29, 1.82) is 0 Å². The van der Waals surface area contributed by atoms with Gasteiger partial charge in [0.1, 0.15) is 17.3 Å². The molecule has 0 heterocycles. The van der Waals surface area contributed by atoms with E-state index < -0.39 is 18.2 Å². The molecule has 0 aromatic heterocycles. The van der Waals surface area contributed by atoms with Crippen molar-refractivity contribution in [1.82, 2.24) is 0 Å². The molecule has 0 saturated heterocycles. The van der Waals surface area contributed by atoms with E-state index in [1.165, 1.54) is 88.5 Å². The number of hydrogen-bond donors (Lipinski definition) is 0. The summed E-state index contributed by atoms with van der Waals surface area (Å²) in [6.45, 7) is -0.662. The molecule has 2 saturated carbocycles. The molecule has 0 bridgehead atoms. The van der Waals surface area contributed by atoms with Crippen LogP contribution in [0.5, 0.6) is 17.2 Å². The first-order chi connectivity index (χ1) is 18.4. The van der Waals surface area contributed by atoms with Gasteiger partial charge in [-0.3, -0.25) is 0 Å². The van der Waals surface area contributed by atoms with Crippen LogP contribution in [0.2, 0.25) is 0 Å². The normalized spacial score (nSPS) is 23.9. The summed E-state index contributed by atoms with van der Waals surface area (Å²) in [6.07, 6.45) is 17.0. The fourth-order valence-electron chi connectivity index (χ4n) is 6.46. The molecule has 209 valence electrons. The Morgan fingerprint density at radius 2 is 1.34 bits per heavy atom. The van der Waals surface area contributed by atoms with E-state index in [2.05, 4.69) is 17.7 Å². The monoisotopic (exact) mass is 533 g/mol. The molecule has 0 unspecified atom stereocenters. The minimum atomic E-state index is -2.93. The molecule has 2 aliphatic rings. The Morgan fingerprint density at radius 1 is 0.789 bits per heavy atom. The van der Waals surface area contributed by atoms with Gasteiger partial charge in [-0.1, -0.05) is 71.1 Å². The number of rotatable bonds is 12. The van der Waals surface area contributed by atoms with E-state index in [1.807, 2.05) is 0 Å². The molecular formula is C32H41F4O2. The molecule has 0 atom stereocenters. The second kappa shape index (κ2) is 14.2. The number of hydrogen-bond acceptors (Lipinski definition) is 2. The van der Waals surface area contributed by atoms with Gasteiger partial charge in [-0.15, -0.1) is 0 Å². The van der Waals surface area contributed by atoms with Crippen LogP contribution >= 0.6 is 0 Å². The average Bonchev–Trinajstić information content (AvgIpc) is 2.91. The zero-order chi connectivity index (χ0) is 26.9. The minimum absolute atomic E-state index is 0.0246. The zero-order valence-corrected chi connectivity index (χ0v) is 22.5. The van der Waals surface area contributed by atoms with E-state index in [0.29, 0.717) is 5.92 Å². The molecule has 4 rings (SSSR count). The molecule has 0 aliphatic heterocycles. The predicted octanol–water partition coefficient (Wildman–Crippen LogP) is 10.6. The molecule has 38 heavy (non-hydrogen) atoms. The van der Waals surface area contributed by atoms with E-state index in [9.17, 15) is 13.2 Å². The van der Waals surface area contributed by atoms with Gasteiger partial charge in [-0.2, -0.15) is 8.78 Å². The van der Waals surface area contributed by atoms with E-state index in [-0.39, 0.29) is 28.7 Å². The van der Waals surface area contributed by atoms with Gasteiger partial charge >= 0.3 is 6.61 Å². The standard InChI is InChI=1S/C32H41F4O2/c1-2-3-4-5-22-6-8-23(9-7-22)10-11-24-12-14-25(15-13-24)30-28(33)20-21-29(31(30)34)37-26-16-18-27(19-17-26)38-32(35)36/h16-20,22-25,32H,2-15H2,1H3/t22-,23-,24?,25?. The molecule has 2 aromatic carbocycles. The van der Waals surface area contributed by atoms with Gasteiger partial charge in [0.15, 0.2) is 11.6 Å². The van der Waals surface area contributed by atoms with Crippen molar-refractivity contribution in [3.63, 3.8) is 0 Å². The van der Waals surface area contributed by atoms with Crippen LogP contribution in [0.3, 0.4) is 0 Å². The lowest BCUT2D eigenvalue weighted by Crippen LogP contribution is -2.18.